The van der Waals surface area contributed by atoms with Crippen LogP contribution < -0.4 is 5.32 Å². The fourth-order valence-electron chi connectivity index (χ4n) is 2.92. The average molecular weight is 309 g/mol. The summed E-state index contributed by atoms with van der Waals surface area (Å²) >= 11 is 0. The van der Waals surface area contributed by atoms with Gasteiger partial charge in [-0.3, -0.25) is 9.59 Å². The van der Waals surface area contributed by atoms with Crippen molar-refractivity contribution in [2.45, 2.75) is 12.8 Å². The molecule has 4 nitrogen and oxygen atoms in total. The summed E-state index contributed by atoms with van der Waals surface area (Å²) < 4.78 is 0. The van der Waals surface area contributed by atoms with Gasteiger partial charge in [0.05, 0.1) is 5.92 Å². The van der Waals surface area contributed by atoms with E-state index >= 15 is 0 Å². The molecule has 0 aromatic heterocycles. The van der Waals surface area contributed by atoms with Gasteiger partial charge in [0, 0.05) is 37.7 Å². The predicted molar refractivity (Wildman–Crippen MR) is 83.7 cm³/mol. The number of Topliss-reactive ketones (excluding diaryl/α,β-unsaturated/α-hetero) is 1. The van der Waals surface area contributed by atoms with Crippen molar-refractivity contribution in [3.8, 4) is 0 Å². The highest BCUT2D eigenvalue weighted by Gasteiger charge is 2.33. The summed E-state index contributed by atoms with van der Waals surface area (Å²) in [6.45, 7) is 3.06. The van der Waals surface area contributed by atoms with Gasteiger partial charge in [0.1, 0.15) is 0 Å². The third-order valence-corrected chi connectivity index (χ3v) is 4.37. The Bertz CT molecular complexity index is 494. The van der Waals surface area contributed by atoms with E-state index in [1.54, 1.807) is 0 Å². The van der Waals surface area contributed by atoms with Gasteiger partial charge in [-0.05, 0) is 12.8 Å². The molecule has 1 aromatic rings. The first-order valence-electron chi connectivity index (χ1n) is 7.34. The highest BCUT2D eigenvalue weighted by molar-refractivity contribution is 5.98. The maximum Gasteiger partial charge on any atom is 0.228 e. The molecule has 1 amide bonds. The van der Waals surface area contributed by atoms with Crippen molar-refractivity contribution in [2.24, 2.45) is 11.8 Å². The number of ketones is 1. The minimum atomic E-state index is 0. The highest BCUT2D eigenvalue weighted by Crippen LogP contribution is 2.23. The first kappa shape index (κ1) is 16.0. The lowest BCUT2D eigenvalue weighted by molar-refractivity contribution is -0.138. The van der Waals surface area contributed by atoms with Crippen LogP contribution in [0, 0.1) is 11.8 Å². The fraction of sp³-hybridized carbons (Fsp3) is 0.500. The van der Waals surface area contributed by atoms with E-state index in [1.807, 2.05) is 35.2 Å². The average Bonchev–Trinajstić information content (AvgIpc) is 2.46. The van der Waals surface area contributed by atoms with Crippen molar-refractivity contribution in [2.75, 3.05) is 26.2 Å². The van der Waals surface area contributed by atoms with Gasteiger partial charge in [-0.15, -0.1) is 12.4 Å². The zero-order chi connectivity index (χ0) is 13.9. The fourth-order valence-corrected chi connectivity index (χ4v) is 2.92. The van der Waals surface area contributed by atoms with Gasteiger partial charge in [-0.25, -0.2) is 0 Å². The Balaban J connectivity index is 0.00000161. The first-order valence-corrected chi connectivity index (χ1v) is 7.34. The molecule has 0 aliphatic carbocycles. The van der Waals surface area contributed by atoms with Gasteiger partial charge in [-0.2, -0.15) is 0 Å². The Morgan fingerprint density at radius 2 is 1.62 bits per heavy atom. The second-order valence-corrected chi connectivity index (χ2v) is 5.69. The number of rotatable bonds is 3. The van der Waals surface area contributed by atoms with Gasteiger partial charge in [0.2, 0.25) is 5.91 Å². The third-order valence-electron chi connectivity index (χ3n) is 4.37. The van der Waals surface area contributed by atoms with Crippen molar-refractivity contribution < 1.29 is 9.59 Å². The van der Waals surface area contributed by atoms with Crippen LogP contribution in [0.15, 0.2) is 30.3 Å². The van der Waals surface area contributed by atoms with E-state index in [0.29, 0.717) is 0 Å². The Morgan fingerprint density at radius 3 is 2.14 bits per heavy atom. The van der Waals surface area contributed by atoms with E-state index in [0.717, 1.165) is 44.6 Å². The van der Waals surface area contributed by atoms with Crippen LogP contribution in [0.1, 0.15) is 23.2 Å². The van der Waals surface area contributed by atoms with E-state index < -0.39 is 0 Å². The molecule has 3 rings (SSSR count). The number of hydrogen-bond donors (Lipinski definition) is 1. The lowest BCUT2D eigenvalue weighted by atomic mass is 9.88. The van der Waals surface area contributed by atoms with Gasteiger partial charge in [-0.1, -0.05) is 30.3 Å². The summed E-state index contributed by atoms with van der Waals surface area (Å²) in [5.74, 6) is 0.717. The minimum absolute atomic E-state index is 0. The van der Waals surface area contributed by atoms with E-state index in [2.05, 4.69) is 5.32 Å². The molecule has 2 fully saturated rings. The zero-order valence-corrected chi connectivity index (χ0v) is 12.8. The number of piperidine rings is 1. The number of halogens is 1. The molecular weight excluding hydrogens is 288 g/mol. The standard InChI is InChI=1S/C16H20N2O2.ClH/c19-15(12-4-2-1-3-5-12)13-6-8-18(9-7-13)16(20)14-10-17-11-14;/h1-5,13-14,17H,6-11H2;1H. The van der Waals surface area contributed by atoms with E-state index in [-0.39, 0.29) is 35.9 Å². The summed E-state index contributed by atoms with van der Waals surface area (Å²) in [7, 11) is 0. The molecule has 0 radical (unpaired) electrons. The van der Waals surface area contributed by atoms with Gasteiger partial charge in [0.25, 0.3) is 0 Å². The van der Waals surface area contributed by atoms with Crippen LogP contribution in [0.25, 0.3) is 0 Å². The normalized spacial score (nSPS) is 19.5. The monoisotopic (exact) mass is 308 g/mol. The molecule has 1 N–H and O–H groups in total. The van der Waals surface area contributed by atoms with Crippen molar-refractivity contribution >= 4 is 24.1 Å². The number of carbonyl (C=O) groups is 2. The van der Waals surface area contributed by atoms with Crippen LogP contribution >= 0.6 is 12.4 Å². The maximum atomic E-state index is 12.4. The maximum absolute atomic E-state index is 12.4. The largest absolute Gasteiger partial charge is 0.342 e. The molecule has 2 heterocycles. The molecule has 0 bridgehead atoms. The van der Waals surface area contributed by atoms with Gasteiger partial charge < -0.3 is 10.2 Å². The molecule has 21 heavy (non-hydrogen) atoms. The summed E-state index contributed by atoms with van der Waals surface area (Å²) in [4.78, 5) is 26.4. The topological polar surface area (TPSA) is 49.4 Å². The van der Waals surface area contributed by atoms with Crippen LogP contribution in [0.5, 0.6) is 0 Å². The van der Waals surface area contributed by atoms with Crippen LogP contribution in [-0.4, -0.2) is 42.8 Å². The Hall–Kier alpha value is -1.39. The van der Waals surface area contributed by atoms with Crippen LogP contribution in [0.2, 0.25) is 0 Å². The molecule has 114 valence electrons. The number of nitrogens with zero attached hydrogens (tertiary/aromatic N) is 1. The molecule has 1 aromatic carbocycles. The SMILES string of the molecule is Cl.O=C(c1ccccc1)C1CCN(C(=O)C2CNC2)CC1. The molecule has 0 unspecified atom stereocenters. The second-order valence-electron chi connectivity index (χ2n) is 5.69. The number of amides is 1. The number of likely N-dealkylation sites (tertiary alicyclic amines) is 1. The molecule has 2 aliphatic rings. The van der Waals surface area contributed by atoms with E-state index in [4.69, 9.17) is 0 Å². The number of carbonyl (C=O) groups excluding carboxylic acids is 2. The Morgan fingerprint density at radius 1 is 1.00 bits per heavy atom. The summed E-state index contributed by atoms with van der Waals surface area (Å²) in [5.41, 5.74) is 0.792. The highest BCUT2D eigenvalue weighted by atomic mass is 35.5. The second kappa shape index (κ2) is 7.05. The van der Waals surface area contributed by atoms with E-state index in [9.17, 15) is 9.59 Å². The lowest BCUT2D eigenvalue weighted by Crippen LogP contribution is -2.53. The van der Waals surface area contributed by atoms with Crippen molar-refractivity contribution in [1.29, 1.82) is 0 Å². The quantitative estimate of drug-likeness (QED) is 0.866. The molecule has 0 spiro atoms. The Labute approximate surface area is 131 Å². The summed E-state index contributed by atoms with van der Waals surface area (Å²) in [6.07, 6.45) is 1.58. The molecule has 5 heteroatoms. The van der Waals surface area contributed by atoms with Crippen molar-refractivity contribution in [1.82, 2.24) is 10.2 Å². The van der Waals surface area contributed by atoms with Crippen molar-refractivity contribution in [3.05, 3.63) is 35.9 Å². The Kier molecular flexibility index (Phi) is 5.37. The number of benzene rings is 1. The summed E-state index contributed by atoms with van der Waals surface area (Å²) in [5, 5.41) is 3.13. The molecule has 0 saturated carbocycles. The minimum Gasteiger partial charge on any atom is -0.342 e. The number of hydrogen-bond acceptors (Lipinski definition) is 3. The van der Waals surface area contributed by atoms with E-state index in [1.165, 1.54) is 0 Å². The van der Waals surface area contributed by atoms with Crippen LogP contribution in [-0.2, 0) is 4.79 Å². The summed E-state index contributed by atoms with van der Waals surface area (Å²) in [6, 6.07) is 9.47. The van der Waals surface area contributed by atoms with Gasteiger partial charge in [0.15, 0.2) is 5.78 Å². The third kappa shape index (κ3) is 3.44. The molecule has 2 aliphatic heterocycles. The molecular formula is C16H21ClN2O2. The molecule has 0 atom stereocenters. The number of nitrogens with one attached hydrogen (secondary N) is 1. The zero-order valence-electron chi connectivity index (χ0n) is 12.0. The smallest absolute Gasteiger partial charge is 0.228 e. The van der Waals surface area contributed by atoms with Crippen molar-refractivity contribution in [3.63, 3.8) is 0 Å². The van der Waals surface area contributed by atoms with Gasteiger partial charge >= 0.3 is 0 Å². The lowest BCUT2D eigenvalue weighted by Gasteiger charge is -2.36. The van der Waals surface area contributed by atoms with Crippen LogP contribution in [0.4, 0.5) is 0 Å². The van der Waals surface area contributed by atoms with Crippen LogP contribution in [0.3, 0.4) is 0 Å². The molecule has 2 saturated heterocycles. The first-order chi connectivity index (χ1) is 9.75. The predicted octanol–water partition coefficient (Wildman–Crippen LogP) is 1.75.